The molecule has 0 spiro atoms. The first-order valence-electron chi connectivity index (χ1n) is 6.32. The van der Waals surface area contributed by atoms with Crippen LogP contribution in [0.3, 0.4) is 0 Å². The molecule has 0 fully saturated rings. The smallest absolute Gasteiger partial charge is 0.272 e. The zero-order valence-corrected chi connectivity index (χ0v) is 12.0. The molecule has 106 valence electrons. The van der Waals surface area contributed by atoms with E-state index in [-0.39, 0.29) is 5.56 Å². The van der Waals surface area contributed by atoms with Crippen molar-refractivity contribution in [3.05, 3.63) is 59.4 Å². The molecule has 1 amide bonds. The highest BCUT2D eigenvalue weighted by molar-refractivity contribution is 7.22. The molecule has 0 atom stereocenters. The number of aromatic nitrogens is 1. The second-order valence-electron chi connectivity index (χ2n) is 4.50. The summed E-state index contributed by atoms with van der Waals surface area (Å²) in [6, 6.07) is 11.7. The van der Waals surface area contributed by atoms with E-state index in [1.54, 1.807) is 6.07 Å². The molecule has 3 rings (SSSR count). The number of carbonyl (C=O) groups is 1. The lowest BCUT2D eigenvalue weighted by molar-refractivity contribution is 0.0958. The fraction of sp³-hybridized carbons (Fsp3) is 0.0667. The van der Waals surface area contributed by atoms with Gasteiger partial charge in [0, 0.05) is 0 Å². The predicted molar refractivity (Wildman–Crippen MR) is 81.8 cm³/mol. The zero-order chi connectivity index (χ0) is 14.8. The van der Waals surface area contributed by atoms with Gasteiger partial charge in [0.25, 0.3) is 5.91 Å². The van der Waals surface area contributed by atoms with Crippen LogP contribution in [0, 0.1) is 12.7 Å². The van der Waals surface area contributed by atoms with E-state index >= 15 is 0 Å². The van der Waals surface area contributed by atoms with Gasteiger partial charge in [0.2, 0.25) is 5.13 Å². The highest BCUT2D eigenvalue weighted by Crippen LogP contribution is 2.27. The quantitative estimate of drug-likeness (QED) is 0.728. The number of carbonyl (C=O) groups excluding carboxylic acids is 1. The summed E-state index contributed by atoms with van der Waals surface area (Å²) in [6.07, 6.45) is 0. The molecule has 21 heavy (non-hydrogen) atoms. The Bertz CT molecular complexity index is 816. The summed E-state index contributed by atoms with van der Waals surface area (Å²) in [5.74, 6) is -1.10. The minimum atomic E-state index is -0.558. The van der Waals surface area contributed by atoms with E-state index in [4.69, 9.17) is 0 Å². The van der Waals surface area contributed by atoms with Gasteiger partial charge in [-0.1, -0.05) is 35.6 Å². The molecule has 0 saturated carbocycles. The van der Waals surface area contributed by atoms with Gasteiger partial charge >= 0.3 is 0 Å². The number of rotatable bonds is 3. The summed E-state index contributed by atoms with van der Waals surface area (Å²) in [4.78, 5) is 16.3. The normalized spacial score (nSPS) is 10.6. The molecule has 1 heterocycles. The second-order valence-corrected chi connectivity index (χ2v) is 5.53. The number of hydrogen-bond donors (Lipinski definition) is 2. The van der Waals surface area contributed by atoms with Crippen LogP contribution in [0.15, 0.2) is 42.5 Å². The Balaban J connectivity index is 1.76. The molecule has 2 N–H and O–H groups in total. The molecule has 0 bridgehead atoms. The van der Waals surface area contributed by atoms with Crippen LogP contribution in [0.25, 0.3) is 10.2 Å². The van der Waals surface area contributed by atoms with E-state index in [1.165, 1.54) is 29.5 Å². The van der Waals surface area contributed by atoms with Gasteiger partial charge in [0.15, 0.2) is 0 Å². The van der Waals surface area contributed by atoms with Crippen molar-refractivity contribution in [2.24, 2.45) is 0 Å². The van der Waals surface area contributed by atoms with E-state index < -0.39 is 11.7 Å². The number of fused-ring (bicyclic) bond motifs is 1. The average Bonchev–Trinajstić information content (AvgIpc) is 2.90. The van der Waals surface area contributed by atoms with E-state index in [0.29, 0.717) is 5.13 Å². The topological polar surface area (TPSA) is 54.0 Å². The van der Waals surface area contributed by atoms with Crippen LogP contribution < -0.4 is 10.9 Å². The summed E-state index contributed by atoms with van der Waals surface area (Å²) >= 11 is 1.42. The number of hydrazine groups is 1. The fourth-order valence-electron chi connectivity index (χ4n) is 1.96. The third-order valence-corrected chi connectivity index (χ3v) is 3.96. The maximum atomic E-state index is 13.5. The van der Waals surface area contributed by atoms with Crippen molar-refractivity contribution in [2.75, 3.05) is 5.43 Å². The number of aryl methyl sites for hydroxylation is 1. The Hall–Kier alpha value is -2.47. The molecule has 3 aromatic rings. The average molecular weight is 301 g/mol. The van der Waals surface area contributed by atoms with Crippen LogP contribution in [0.5, 0.6) is 0 Å². The fourth-order valence-corrected chi connectivity index (χ4v) is 2.86. The first-order chi connectivity index (χ1) is 10.1. The highest BCUT2D eigenvalue weighted by atomic mass is 32.1. The molecule has 0 unspecified atom stereocenters. The van der Waals surface area contributed by atoms with Gasteiger partial charge in [-0.3, -0.25) is 15.6 Å². The van der Waals surface area contributed by atoms with Gasteiger partial charge in [0.1, 0.15) is 5.82 Å². The first-order valence-corrected chi connectivity index (χ1v) is 7.14. The minimum Gasteiger partial charge on any atom is -0.273 e. The van der Waals surface area contributed by atoms with E-state index in [2.05, 4.69) is 15.8 Å². The van der Waals surface area contributed by atoms with Crippen molar-refractivity contribution >= 4 is 32.6 Å². The van der Waals surface area contributed by atoms with Crippen LogP contribution in [-0.4, -0.2) is 10.9 Å². The maximum Gasteiger partial charge on any atom is 0.272 e. The Morgan fingerprint density at radius 3 is 2.76 bits per heavy atom. The standard InChI is InChI=1S/C15H12FN3OS/c1-9-5-4-8-12-13(9)17-15(21-12)19-18-14(20)10-6-2-3-7-11(10)16/h2-8H,1H3,(H,17,19)(H,18,20). The van der Waals surface area contributed by atoms with Crippen molar-refractivity contribution in [1.29, 1.82) is 0 Å². The van der Waals surface area contributed by atoms with Gasteiger partial charge in [-0.05, 0) is 30.7 Å². The lowest BCUT2D eigenvalue weighted by Crippen LogP contribution is -2.29. The SMILES string of the molecule is Cc1cccc2sc(NNC(=O)c3ccccc3F)nc12. The third-order valence-electron chi connectivity index (χ3n) is 3.02. The number of para-hydroxylation sites is 1. The van der Waals surface area contributed by atoms with Gasteiger partial charge < -0.3 is 0 Å². The number of anilines is 1. The van der Waals surface area contributed by atoms with Crippen LogP contribution in [-0.2, 0) is 0 Å². The van der Waals surface area contributed by atoms with Gasteiger partial charge in [-0.25, -0.2) is 9.37 Å². The summed E-state index contributed by atoms with van der Waals surface area (Å²) in [5.41, 5.74) is 7.13. The molecule has 0 aliphatic rings. The molecule has 1 aromatic heterocycles. The number of nitrogens with zero attached hydrogens (tertiary/aromatic N) is 1. The van der Waals surface area contributed by atoms with Crippen molar-refractivity contribution in [3.63, 3.8) is 0 Å². The zero-order valence-electron chi connectivity index (χ0n) is 11.2. The second kappa shape index (κ2) is 5.49. The molecule has 0 aliphatic carbocycles. The lowest BCUT2D eigenvalue weighted by Gasteiger charge is -2.05. The summed E-state index contributed by atoms with van der Waals surface area (Å²) < 4.78 is 14.5. The Morgan fingerprint density at radius 2 is 2.00 bits per heavy atom. The summed E-state index contributed by atoms with van der Waals surface area (Å²) in [6.45, 7) is 1.98. The number of halogens is 1. The van der Waals surface area contributed by atoms with E-state index in [0.717, 1.165) is 15.8 Å². The van der Waals surface area contributed by atoms with Crippen LogP contribution in [0.2, 0.25) is 0 Å². The van der Waals surface area contributed by atoms with Gasteiger partial charge in [0.05, 0.1) is 15.8 Å². The molecular formula is C15H12FN3OS. The molecule has 6 heteroatoms. The number of benzene rings is 2. The van der Waals surface area contributed by atoms with Gasteiger partial charge in [-0.15, -0.1) is 0 Å². The maximum absolute atomic E-state index is 13.5. The van der Waals surface area contributed by atoms with E-state index in [1.807, 2.05) is 25.1 Å². The van der Waals surface area contributed by atoms with Crippen molar-refractivity contribution < 1.29 is 9.18 Å². The third kappa shape index (κ3) is 2.71. The summed E-state index contributed by atoms with van der Waals surface area (Å²) in [5, 5.41) is 0.559. The molecule has 2 aromatic carbocycles. The van der Waals surface area contributed by atoms with Crippen LogP contribution >= 0.6 is 11.3 Å². The summed E-state index contributed by atoms with van der Waals surface area (Å²) in [7, 11) is 0. The number of amides is 1. The van der Waals surface area contributed by atoms with E-state index in [9.17, 15) is 9.18 Å². The lowest BCUT2D eigenvalue weighted by atomic mass is 10.2. The molecule has 0 saturated heterocycles. The Morgan fingerprint density at radius 1 is 1.19 bits per heavy atom. The van der Waals surface area contributed by atoms with Crippen molar-refractivity contribution in [3.8, 4) is 0 Å². The van der Waals surface area contributed by atoms with Crippen molar-refractivity contribution in [1.82, 2.24) is 10.4 Å². The number of hydrogen-bond acceptors (Lipinski definition) is 4. The first kappa shape index (κ1) is 13.5. The van der Waals surface area contributed by atoms with Crippen molar-refractivity contribution in [2.45, 2.75) is 6.92 Å². The minimum absolute atomic E-state index is 0.0118. The molecular weight excluding hydrogens is 289 g/mol. The monoisotopic (exact) mass is 301 g/mol. The molecule has 0 aliphatic heterocycles. The number of nitrogens with one attached hydrogen (secondary N) is 2. The largest absolute Gasteiger partial charge is 0.273 e. The predicted octanol–water partition coefficient (Wildman–Crippen LogP) is 3.50. The Labute approximate surface area is 124 Å². The Kier molecular flexibility index (Phi) is 3.53. The van der Waals surface area contributed by atoms with Crippen LogP contribution in [0.1, 0.15) is 15.9 Å². The number of thiazole rings is 1. The van der Waals surface area contributed by atoms with Crippen LogP contribution in [0.4, 0.5) is 9.52 Å². The highest BCUT2D eigenvalue weighted by Gasteiger charge is 2.11. The molecule has 4 nitrogen and oxygen atoms in total. The molecule has 0 radical (unpaired) electrons. The van der Waals surface area contributed by atoms with Gasteiger partial charge in [-0.2, -0.15) is 0 Å².